The lowest BCUT2D eigenvalue weighted by atomic mass is 9.99. The first-order valence-electron chi connectivity index (χ1n) is 7.48. The first-order chi connectivity index (χ1) is 9.79. The van der Waals surface area contributed by atoms with E-state index in [0.717, 1.165) is 25.0 Å². The molecule has 1 aromatic carbocycles. The average molecular weight is 273 g/mol. The predicted molar refractivity (Wildman–Crippen MR) is 81.1 cm³/mol. The molecular formula is C17H23NO2. The number of ether oxygens (including phenoxy) is 1. The van der Waals surface area contributed by atoms with Gasteiger partial charge in [0, 0.05) is 12.1 Å². The summed E-state index contributed by atoms with van der Waals surface area (Å²) in [6.07, 6.45) is 8.02. The van der Waals surface area contributed by atoms with Crippen LogP contribution in [0.5, 0.6) is 5.75 Å². The van der Waals surface area contributed by atoms with Crippen molar-refractivity contribution in [1.82, 2.24) is 5.32 Å². The fourth-order valence-corrected chi connectivity index (χ4v) is 2.28. The van der Waals surface area contributed by atoms with Gasteiger partial charge in [0.2, 0.25) is 0 Å². The molecule has 1 aromatic rings. The molecule has 1 aliphatic carbocycles. The minimum Gasteiger partial charge on any atom is -0.494 e. The lowest BCUT2D eigenvalue weighted by Gasteiger charge is -2.13. The summed E-state index contributed by atoms with van der Waals surface area (Å²) >= 11 is 0. The van der Waals surface area contributed by atoms with Crippen LogP contribution in [0.2, 0.25) is 0 Å². The molecule has 1 N–H and O–H groups in total. The van der Waals surface area contributed by atoms with Gasteiger partial charge < -0.3 is 10.1 Å². The Bertz CT molecular complexity index is 462. The van der Waals surface area contributed by atoms with Crippen LogP contribution >= 0.6 is 0 Å². The maximum Gasteiger partial charge on any atom is 0.251 e. The van der Waals surface area contributed by atoms with Gasteiger partial charge in [-0.3, -0.25) is 4.79 Å². The van der Waals surface area contributed by atoms with Crippen LogP contribution in [-0.4, -0.2) is 19.1 Å². The van der Waals surface area contributed by atoms with Gasteiger partial charge in [0.25, 0.3) is 5.91 Å². The Balaban J connectivity index is 1.84. The molecule has 20 heavy (non-hydrogen) atoms. The summed E-state index contributed by atoms with van der Waals surface area (Å²) in [4.78, 5) is 12.0. The number of hydrogen-bond acceptors (Lipinski definition) is 2. The van der Waals surface area contributed by atoms with E-state index < -0.39 is 0 Å². The van der Waals surface area contributed by atoms with Crippen molar-refractivity contribution in [2.24, 2.45) is 0 Å². The highest BCUT2D eigenvalue weighted by atomic mass is 16.5. The van der Waals surface area contributed by atoms with Crippen LogP contribution in [0, 0.1) is 0 Å². The molecule has 0 radical (unpaired) electrons. The lowest BCUT2D eigenvalue weighted by molar-refractivity contribution is 0.0956. The fourth-order valence-electron chi connectivity index (χ4n) is 2.28. The van der Waals surface area contributed by atoms with E-state index in [1.807, 2.05) is 24.3 Å². The summed E-state index contributed by atoms with van der Waals surface area (Å²) in [5, 5.41) is 2.98. The predicted octanol–water partition coefficient (Wildman–Crippen LogP) is 3.71. The van der Waals surface area contributed by atoms with Gasteiger partial charge in [0.1, 0.15) is 5.75 Å². The summed E-state index contributed by atoms with van der Waals surface area (Å²) < 4.78 is 5.50. The molecular weight excluding hydrogens is 250 g/mol. The van der Waals surface area contributed by atoms with Crippen molar-refractivity contribution in [3.63, 3.8) is 0 Å². The smallest absolute Gasteiger partial charge is 0.251 e. The molecule has 0 aromatic heterocycles. The normalized spacial score (nSPS) is 14.6. The van der Waals surface area contributed by atoms with E-state index in [4.69, 9.17) is 4.74 Å². The van der Waals surface area contributed by atoms with Crippen molar-refractivity contribution < 1.29 is 9.53 Å². The number of rotatable bonds is 6. The van der Waals surface area contributed by atoms with Crippen LogP contribution in [-0.2, 0) is 0 Å². The van der Waals surface area contributed by atoms with E-state index in [1.165, 1.54) is 18.4 Å². The first-order valence-corrected chi connectivity index (χ1v) is 7.48. The summed E-state index contributed by atoms with van der Waals surface area (Å²) in [5.74, 6) is 0.803. The molecule has 0 aliphatic heterocycles. The molecule has 0 spiro atoms. The Morgan fingerprint density at radius 2 is 2.05 bits per heavy atom. The lowest BCUT2D eigenvalue weighted by Crippen LogP contribution is -2.26. The Morgan fingerprint density at radius 1 is 1.25 bits per heavy atom. The third kappa shape index (κ3) is 4.41. The van der Waals surface area contributed by atoms with Gasteiger partial charge in [-0.15, -0.1) is 0 Å². The van der Waals surface area contributed by atoms with Gasteiger partial charge in [-0.05, 0) is 56.4 Å². The Morgan fingerprint density at radius 3 is 2.70 bits per heavy atom. The van der Waals surface area contributed by atoms with Gasteiger partial charge in [-0.2, -0.15) is 0 Å². The fraction of sp³-hybridized carbons (Fsp3) is 0.471. The molecule has 108 valence electrons. The van der Waals surface area contributed by atoms with E-state index in [1.54, 1.807) is 0 Å². The topological polar surface area (TPSA) is 38.3 Å². The van der Waals surface area contributed by atoms with Gasteiger partial charge in [0.15, 0.2) is 0 Å². The SMILES string of the molecule is CCCOc1ccc(C(=O)NCC2=CCCCC2)cc1. The monoisotopic (exact) mass is 273 g/mol. The van der Waals surface area contributed by atoms with Crippen molar-refractivity contribution >= 4 is 5.91 Å². The number of amides is 1. The molecule has 0 heterocycles. The number of carbonyl (C=O) groups excluding carboxylic acids is 1. The second-order valence-electron chi connectivity index (χ2n) is 5.16. The Labute approximate surface area is 121 Å². The summed E-state index contributed by atoms with van der Waals surface area (Å²) in [6, 6.07) is 7.33. The number of hydrogen-bond donors (Lipinski definition) is 1. The molecule has 3 nitrogen and oxygen atoms in total. The van der Waals surface area contributed by atoms with Gasteiger partial charge in [-0.1, -0.05) is 18.6 Å². The third-order valence-corrected chi connectivity index (χ3v) is 3.45. The molecule has 0 bridgehead atoms. The minimum atomic E-state index is -0.0153. The van der Waals surface area contributed by atoms with Crippen molar-refractivity contribution in [3.05, 3.63) is 41.5 Å². The number of carbonyl (C=O) groups is 1. The van der Waals surface area contributed by atoms with Crippen molar-refractivity contribution in [2.45, 2.75) is 39.0 Å². The van der Waals surface area contributed by atoms with Crippen molar-refractivity contribution in [2.75, 3.05) is 13.2 Å². The average Bonchev–Trinajstić information content (AvgIpc) is 2.52. The molecule has 0 saturated heterocycles. The third-order valence-electron chi connectivity index (χ3n) is 3.45. The van der Waals surface area contributed by atoms with Crippen molar-refractivity contribution in [1.29, 1.82) is 0 Å². The molecule has 0 unspecified atom stereocenters. The van der Waals surface area contributed by atoms with Gasteiger partial charge >= 0.3 is 0 Å². The first kappa shape index (κ1) is 14.6. The molecule has 0 fully saturated rings. The van der Waals surface area contributed by atoms with Crippen LogP contribution < -0.4 is 10.1 Å². The molecule has 0 saturated carbocycles. The van der Waals surface area contributed by atoms with E-state index in [0.29, 0.717) is 18.7 Å². The highest BCUT2D eigenvalue weighted by molar-refractivity contribution is 5.94. The van der Waals surface area contributed by atoms with Crippen LogP contribution in [0.3, 0.4) is 0 Å². The van der Waals surface area contributed by atoms with Crippen molar-refractivity contribution in [3.8, 4) is 5.75 Å². The highest BCUT2D eigenvalue weighted by Gasteiger charge is 2.08. The molecule has 3 heteroatoms. The van der Waals surface area contributed by atoms with Crippen LogP contribution in [0.4, 0.5) is 0 Å². The maximum atomic E-state index is 12.0. The zero-order chi connectivity index (χ0) is 14.2. The number of benzene rings is 1. The summed E-state index contributed by atoms with van der Waals surface area (Å²) in [5.41, 5.74) is 2.04. The number of nitrogens with one attached hydrogen (secondary N) is 1. The molecule has 0 atom stereocenters. The summed E-state index contributed by atoms with van der Waals surface area (Å²) in [6.45, 7) is 3.45. The molecule has 2 rings (SSSR count). The van der Waals surface area contributed by atoms with Crippen LogP contribution in [0.1, 0.15) is 49.4 Å². The largest absolute Gasteiger partial charge is 0.494 e. The Kier molecular flexibility index (Phi) is 5.66. The van der Waals surface area contributed by atoms with Crippen LogP contribution in [0.25, 0.3) is 0 Å². The second-order valence-corrected chi connectivity index (χ2v) is 5.16. The quantitative estimate of drug-likeness (QED) is 0.802. The second kappa shape index (κ2) is 7.73. The molecule has 1 aliphatic rings. The maximum absolute atomic E-state index is 12.0. The Hall–Kier alpha value is -1.77. The minimum absolute atomic E-state index is 0.0153. The highest BCUT2D eigenvalue weighted by Crippen LogP contribution is 2.17. The van der Waals surface area contributed by atoms with E-state index in [-0.39, 0.29) is 5.91 Å². The zero-order valence-corrected chi connectivity index (χ0v) is 12.2. The van der Waals surface area contributed by atoms with E-state index in [2.05, 4.69) is 18.3 Å². The standard InChI is InChI=1S/C17H23NO2/c1-2-12-20-16-10-8-15(9-11-16)17(19)18-13-14-6-4-3-5-7-14/h6,8-11H,2-5,7,12-13H2,1H3,(H,18,19). The number of allylic oxidation sites excluding steroid dienone is 1. The van der Waals surface area contributed by atoms with Crippen LogP contribution in [0.15, 0.2) is 35.9 Å². The van der Waals surface area contributed by atoms with Gasteiger partial charge in [-0.25, -0.2) is 0 Å². The molecule has 1 amide bonds. The summed E-state index contributed by atoms with van der Waals surface area (Å²) in [7, 11) is 0. The van der Waals surface area contributed by atoms with E-state index >= 15 is 0 Å². The van der Waals surface area contributed by atoms with Gasteiger partial charge in [0.05, 0.1) is 6.61 Å². The zero-order valence-electron chi connectivity index (χ0n) is 12.2. The van der Waals surface area contributed by atoms with E-state index in [9.17, 15) is 4.79 Å².